The first kappa shape index (κ1) is 50.2. The number of hydrogen-bond acceptors (Lipinski definition) is 4. The van der Waals surface area contributed by atoms with Crippen LogP contribution in [-0.2, 0) is 14.2 Å². The van der Waals surface area contributed by atoms with E-state index >= 15 is 0 Å². The molecule has 0 radical (unpaired) electrons. The summed E-state index contributed by atoms with van der Waals surface area (Å²) in [7, 11) is 5.89. The van der Waals surface area contributed by atoms with Crippen molar-refractivity contribution in [3.63, 3.8) is 0 Å². The van der Waals surface area contributed by atoms with E-state index in [4.69, 9.17) is 14.2 Å². The third-order valence-corrected chi connectivity index (χ3v) is 8.74. The topological polar surface area (TPSA) is 30.9 Å². The van der Waals surface area contributed by atoms with Crippen molar-refractivity contribution in [2.75, 3.05) is 60.8 Å². The zero-order valence-corrected chi connectivity index (χ0v) is 34.4. The molecule has 5 fully saturated rings. The molecule has 0 bridgehead atoms. The summed E-state index contributed by atoms with van der Waals surface area (Å²) in [6.45, 7) is 28.4. The van der Waals surface area contributed by atoms with Gasteiger partial charge in [-0.25, -0.2) is 0 Å². The molecule has 46 heavy (non-hydrogen) atoms. The van der Waals surface area contributed by atoms with E-state index in [-0.39, 0.29) is 0 Å². The fraction of sp³-hybridized carbons (Fsp3) is 1.00. The monoisotopic (exact) mass is 658 g/mol. The molecule has 2 aliphatic heterocycles. The van der Waals surface area contributed by atoms with E-state index in [0.29, 0.717) is 0 Å². The Morgan fingerprint density at radius 2 is 1.07 bits per heavy atom. The maximum absolute atomic E-state index is 4.99. The van der Waals surface area contributed by atoms with Gasteiger partial charge in [-0.1, -0.05) is 153 Å². The fourth-order valence-electron chi connectivity index (χ4n) is 4.32. The summed E-state index contributed by atoms with van der Waals surface area (Å²) in [5.74, 6) is 5.95. The van der Waals surface area contributed by atoms with E-state index < -0.39 is 0 Å². The predicted molar refractivity (Wildman–Crippen MR) is 208 cm³/mol. The normalized spacial score (nSPS) is 18.6. The summed E-state index contributed by atoms with van der Waals surface area (Å²) >= 11 is 0. The molecule has 0 amide bonds. The highest BCUT2D eigenvalue weighted by atomic mass is 16.5. The summed E-state index contributed by atoms with van der Waals surface area (Å²) < 4.78 is 14.6. The van der Waals surface area contributed by atoms with Gasteiger partial charge in [0.05, 0.1) is 26.4 Å². The second-order valence-electron chi connectivity index (χ2n) is 15.3. The Kier molecular flexibility index (Phi) is 42.9. The second kappa shape index (κ2) is 39.3. The van der Waals surface area contributed by atoms with Gasteiger partial charge in [0.15, 0.2) is 0 Å². The Hall–Kier alpha value is -0.160. The SMILES string of the molecule is CC1CC1.CC1CCCCC1.CCC(C)C.CCC1COC1.CCCC1CC1.CCCC1COC1.CCCN(C)C.CCCOC. The van der Waals surface area contributed by atoms with Crippen LogP contribution in [0.5, 0.6) is 0 Å². The zero-order chi connectivity index (χ0) is 35.4. The number of rotatable bonds is 10. The first-order chi connectivity index (χ1) is 22.0. The molecule has 0 aromatic heterocycles. The lowest BCUT2D eigenvalue weighted by Gasteiger charge is -2.24. The third kappa shape index (κ3) is 48.2. The predicted octanol–water partition coefficient (Wildman–Crippen LogP) is 12.7. The van der Waals surface area contributed by atoms with Gasteiger partial charge in [-0.3, -0.25) is 0 Å². The maximum Gasteiger partial charge on any atom is 0.0516 e. The van der Waals surface area contributed by atoms with Crippen molar-refractivity contribution in [1.29, 1.82) is 0 Å². The molecular formula is C42H91NO3. The molecule has 4 nitrogen and oxygen atoms in total. The Labute approximate surface area is 293 Å². The van der Waals surface area contributed by atoms with Gasteiger partial charge in [0.2, 0.25) is 0 Å². The Morgan fingerprint density at radius 3 is 1.15 bits per heavy atom. The number of methoxy groups -OCH3 is 1. The second-order valence-corrected chi connectivity index (χ2v) is 15.3. The minimum Gasteiger partial charge on any atom is -0.385 e. The van der Waals surface area contributed by atoms with E-state index in [2.05, 4.69) is 88.2 Å². The first-order valence-corrected chi connectivity index (χ1v) is 20.3. The van der Waals surface area contributed by atoms with Crippen LogP contribution in [0.25, 0.3) is 0 Å². The van der Waals surface area contributed by atoms with Gasteiger partial charge < -0.3 is 19.1 Å². The van der Waals surface area contributed by atoms with Crippen molar-refractivity contribution in [1.82, 2.24) is 4.90 Å². The van der Waals surface area contributed by atoms with Crippen LogP contribution in [0.1, 0.15) is 178 Å². The lowest BCUT2D eigenvalue weighted by Crippen LogP contribution is -2.26. The Balaban J connectivity index is -0.000000462. The molecule has 4 heteroatoms. The summed E-state index contributed by atoms with van der Waals surface area (Å²) in [5, 5.41) is 0. The van der Waals surface area contributed by atoms with E-state index in [1.165, 1.54) is 109 Å². The van der Waals surface area contributed by atoms with Crippen molar-refractivity contribution in [2.24, 2.45) is 35.5 Å². The zero-order valence-electron chi connectivity index (χ0n) is 34.4. The van der Waals surface area contributed by atoms with E-state index in [1.807, 2.05) is 0 Å². The Morgan fingerprint density at radius 1 is 0.609 bits per heavy atom. The molecule has 2 saturated heterocycles. The van der Waals surface area contributed by atoms with Crippen molar-refractivity contribution in [2.45, 2.75) is 178 Å². The van der Waals surface area contributed by atoms with Gasteiger partial charge in [0.1, 0.15) is 0 Å². The van der Waals surface area contributed by atoms with E-state index in [0.717, 1.165) is 75.0 Å². The Bertz CT molecular complexity index is 510. The highest BCUT2D eigenvalue weighted by Crippen LogP contribution is 2.33. The van der Waals surface area contributed by atoms with Gasteiger partial charge in [-0.05, 0) is 70.0 Å². The lowest BCUT2D eigenvalue weighted by atomic mass is 9.91. The van der Waals surface area contributed by atoms with Crippen molar-refractivity contribution in [3.8, 4) is 0 Å². The van der Waals surface area contributed by atoms with Crippen LogP contribution in [0, 0.1) is 35.5 Å². The summed E-state index contributed by atoms with van der Waals surface area (Å²) in [4.78, 5) is 2.18. The van der Waals surface area contributed by atoms with Crippen LogP contribution in [0.2, 0.25) is 0 Å². The molecule has 3 saturated carbocycles. The van der Waals surface area contributed by atoms with Crippen LogP contribution >= 0.6 is 0 Å². The summed E-state index contributed by atoms with van der Waals surface area (Å²) in [5.41, 5.74) is 0. The highest BCUT2D eigenvalue weighted by molar-refractivity contribution is 4.71. The smallest absolute Gasteiger partial charge is 0.0516 e. The van der Waals surface area contributed by atoms with Gasteiger partial charge in [-0.2, -0.15) is 0 Å². The minimum absolute atomic E-state index is 0.884. The largest absolute Gasteiger partial charge is 0.385 e. The molecule has 282 valence electrons. The number of hydrogen-bond donors (Lipinski definition) is 0. The number of ether oxygens (including phenoxy) is 3. The number of nitrogens with zero attached hydrogens (tertiary/aromatic N) is 1. The van der Waals surface area contributed by atoms with Gasteiger partial charge >= 0.3 is 0 Å². The molecule has 0 spiro atoms. The van der Waals surface area contributed by atoms with Gasteiger partial charge in [-0.15, -0.1) is 0 Å². The lowest BCUT2D eigenvalue weighted by molar-refractivity contribution is -0.0356. The molecule has 5 aliphatic rings. The standard InChI is InChI=1S/C7H14.C6H12O.C6H12.C5H13N.C5H10O.C5H12.C4H10O.C4H8/c1-7-5-3-2-4-6-7;1-2-3-6-4-7-5-6;1-2-3-6-4-5-6;1-4-5-6(2)3;1-2-5-3-6-4-5;1-4-5(2)3;1-3-4-5-2;1-4-2-3-4/h7H,2-6H2,1H3;6H,2-5H2,1H3;6H,2-5H2,1H3;4-5H2,1-3H3;5H,2-4H2,1H3;5H,4H2,1-3H3;3-4H2,1-2H3;4H,2-3H2,1H3. The van der Waals surface area contributed by atoms with Crippen molar-refractivity contribution in [3.05, 3.63) is 0 Å². The minimum atomic E-state index is 0.884. The molecule has 0 aromatic rings. The van der Waals surface area contributed by atoms with Gasteiger partial charge in [0, 0.05) is 25.6 Å². The molecule has 0 atom stereocenters. The molecule has 0 unspecified atom stereocenters. The average Bonchev–Trinajstić information content (AvgIpc) is 3.93. The third-order valence-electron chi connectivity index (χ3n) is 8.74. The average molecular weight is 658 g/mol. The molecule has 2 heterocycles. The van der Waals surface area contributed by atoms with Crippen LogP contribution in [0.3, 0.4) is 0 Å². The summed E-state index contributed by atoms with van der Waals surface area (Å²) in [6, 6.07) is 0. The molecule has 0 aromatic carbocycles. The molecule has 3 aliphatic carbocycles. The quantitative estimate of drug-likeness (QED) is 0.234. The van der Waals surface area contributed by atoms with Crippen molar-refractivity contribution >= 4 is 0 Å². The van der Waals surface area contributed by atoms with Crippen LogP contribution in [-0.4, -0.2) is 65.7 Å². The van der Waals surface area contributed by atoms with Crippen LogP contribution in [0.4, 0.5) is 0 Å². The summed E-state index contributed by atoms with van der Waals surface area (Å²) in [6.07, 6.45) is 24.0. The van der Waals surface area contributed by atoms with E-state index in [9.17, 15) is 0 Å². The van der Waals surface area contributed by atoms with Gasteiger partial charge in [0.25, 0.3) is 0 Å². The molecule has 0 N–H and O–H groups in total. The molecule has 5 rings (SSSR count). The van der Waals surface area contributed by atoms with Crippen LogP contribution < -0.4 is 0 Å². The molecular weight excluding hydrogens is 566 g/mol. The van der Waals surface area contributed by atoms with Crippen LogP contribution in [0.15, 0.2) is 0 Å². The first-order valence-electron chi connectivity index (χ1n) is 20.3. The highest BCUT2D eigenvalue weighted by Gasteiger charge is 2.19. The van der Waals surface area contributed by atoms with E-state index in [1.54, 1.807) is 7.11 Å². The fourth-order valence-corrected chi connectivity index (χ4v) is 4.32. The van der Waals surface area contributed by atoms with Crippen molar-refractivity contribution < 1.29 is 14.2 Å². The maximum atomic E-state index is 4.99.